The first-order chi connectivity index (χ1) is 15.4. The van der Waals surface area contributed by atoms with Crippen molar-refractivity contribution in [3.05, 3.63) is 76.6 Å². The Hall–Kier alpha value is -3.07. The number of urea groups is 1. The van der Waals surface area contributed by atoms with Crippen LogP contribution in [0.1, 0.15) is 29.2 Å². The van der Waals surface area contributed by atoms with E-state index in [9.17, 15) is 9.59 Å². The Kier molecular flexibility index (Phi) is 5.28. The van der Waals surface area contributed by atoms with E-state index >= 15 is 0 Å². The minimum atomic E-state index is -0.259. The lowest BCUT2D eigenvalue weighted by Crippen LogP contribution is -2.54. The van der Waals surface area contributed by atoms with Crippen LogP contribution in [0.4, 0.5) is 10.5 Å². The lowest BCUT2D eigenvalue weighted by atomic mass is 10.00. The number of hydrogen-bond acceptors (Lipinski definition) is 5. The van der Waals surface area contributed by atoms with Gasteiger partial charge in [-0.15, -0.1) is 0 Å². The Bertz CT molecular complexity index is 1090. The van der Waals surface area contributed by atoms with Crippen LogP contribution in [0.25, 0.3) is 0 Å². The third-order valence-corrected chi connectivity index (χ3v) is 6.42. The molecule has 3 aliphatic heterocycles. The molecule has 0 spiro atoms. The molecule has 3 atom stereocenters. The number of amides is 3. The van der Waals surface area contributed by atoms with Gasteiger partial charge in [0.25, 0.3) is 0 Å². The number of nitrogens with one attached hydrogen (secondary N) is 3. The molecule has 3 unspecified atom stereocenters. The van der Waals surface area contributed by atoms with Crippen molar-refractivity contribution in [2.24, 2.45) is 0 Å². The highest BCUT2D eigenvalue weighted by Crippen LogP contribution is 2.34. The fraction of sp³-hybridized carbons (Fsp3) is 0.304. The van der Waals surface area contributed by atoms with Gasteiger partial charge in [0.15, 0.2) is 0 Å². The second-order valence-electron chi connectivity index (χ2n) is 8.46. The molecule has 0 radical (unpaired) electrons. The van der Waals surface area contributed by atoms with Crippen LogP contribution in [0, 0.1) is 13.8 Å². The molecule has 9 heteroatoms. The van der Waals surface area contributed by atoms with E-state index in [4.69, 9.17) is 11.6 Å². The first-order valence-electron chi connectivity index (χ1n) is 10.6. The van der Waals surface area contributed by atoms with Gasteiger partial charge in [0.1, 0.15) is 12.7 Å². The van der Waals surface area contributed by atoms with Crippen molar-refractivity contribution in [1.82, 2.24) is 25.8 Å². The van der Waals surface area contributed by atoms with E-state index in [-0.39, 0.29) is 36.7 Å². The first-order valence-corrected chi connectivity index (χ1v) is 11.0. The average molecular weight is 453 g/mol. The van der Waals surface area contributed by atoms with Crippen LogP contribution in [0.3, 0.4) is 0 Å². The summed E-state index contributed by atoms with van der Waals surface area (Å²) in [6.45, 7) is 3.84. The molecule has 166 valence electrons. The topological polar surface area (TPSA) is 80.0 Å². The summed E-state index contributed by atoms with van der Waals surface area (Å²) >= 11 is 6.02. The molecule has 2 fully saturated rings. The Morgan fingerprint density at radius 3 is 2.69 bits per heavy atom. The fourth-order valence-corrected chi connectivity index (χ4v) is 4.57. The van der Waals surface area contributed by atoms with Crippen molar-refractivity contribution < 1.29 is 9.59 Å². The summed E-state index contributed by atoms with van der Waals surface area (Å²) in [5.41, 5.74) is 10.7. The lowest BCUT2D eigenvalue weighted by Gasteiger charge is -2.34. The van der Waals surface area contributed by atoms with Crippen LogP contribution in [0.2, 0.25) is 5.02 Å². The second kappa shape index (κ2) is 8.12. The number of nitrogens with zero attached hydrogens (tertiary/aromatic N) is 3. The maximum atomic E-state index is 12.9. The lowest BCUT2D eigenvalue weighted by molar-refractivity contribution is -0.117. The van der Waals surface area contributed by atoms with Crippen molar-refractivity contribution in [3.8, 4) is 0 Å². The van der Waals surface area contributed by atoms with Crippen molar-refractivity contribution in [3.63, 3.8) is 0 Å². The minimum absolute atomic E-state index is 0.0247. The van der Waals surface area contributed by atoms with Crippen molar-refractivity contribution in [2.75, 3.05) is 11.9 Å². The van der Waals surface area contributed by atoms with E-state index in [0.29, 0.717) is 5.02 Å². The van der Waals surface area contributed by atoms with E-state index in [2.05, 4.69) is 16.2 Å². The van der Waals surface area contributed by atoms with Gasteiger partial charge in [-0.25, -0.2) is 20.7 Å². The zero-order chi connectivity index (χ0) is 22.4. The van der Waals surface area contributed by atoms with Gasteiger partial charge in [0.2, 0.25) is 5.91 Å². The molecule has 3 amide bonds. The SMILES string of the molecule is Cc1ccc(C)c(NC(=O)CN2NC3C4CC(c5ccc(Cl)cc5)NN4C=CN3C2=O)c1. The number of rotatable bonds is 4. The fourth-order valence-electron chi connectivity index (χ4n) is 4.45. The number of aryl methyl sites for hydroxylation is 2. The predicted molar refractivity (Wildman–Crippen MR) is 122 cm³/mol. The van der Waals surface area contributed by atoms with Crippen LogP contribution >= 0.6 is 11.6 Å². The van der Waals surface area contributed by atoms with Crippen molar-refractivity contribution in [2.45, 2.75) is 38.5 Å². The van der Waals surface area contributed by atoms with Crippen LogP contribution in [-0.2, 0) is 4.79 Å². The van der Waals surface area contributed by atoms with Crippen LogP contribution in [0.15, 0.2) is 54.9 Å². The molecule has 3 aliphatic rings. The first kappa shape index (κ1) is 20.8. The van der Waals surface area contributed by atoms with Crippen LogP contribution < -0.4 is 16.2 Å². The van der Waals surface area contributed by atoms with Gasteiger partial charge in [0.05, 0.1) is 12.1 Å². The molecule has 0 aliphatic carbocycles. The molecular weight excluding hydrogens is 428 g/mol. The summed E-state index contributed by atoms with van der Waals surface area (Å²) in [5, 5.41) is 7.03. The van der Waals surface area contributed by atoms with E-state index in [0.717, 1.165) is 28.8 Å². The number of hydrazine groups is 2. The third-order valence-electron chi connectivity index (χ3n) is 6.17. The molecule has 2 aromatic carbocycles. The largest absolute Gasteiger partial charge is 0.340 e. The number of benzene rings is 2. The monoisotopic (exact) mass is 452 g/mol. The summed E-state index contributed by atoms with van der Waals surface area (Å²) in [7, 11) is 0. The maximum absolute atomic E-state index is 12.9. The average Bonchev–Trinajstić information content (AvgIpc) is 3.33. The minimum Gasteiger partial charge on any atom is -0.324 e. The molecule has 3 heterocycles. The van der Waals surface area contributed by atoms with Gasteiger partial charge in [0, 0.05) is 23.1 Å². The second-order valence-corrected chi connectivity index (χ2v) is 8.89. The van der Waals surface area contributed by atoms with Gasteiger partial charge in [-0.3, -0.25) is 9.69 Å². The van der Waals surface area contributed by atoms with E-state index in [1.54, 1.807) is 11.1 Å². The molecule has 2 saturated heterocycles. The summed E-state index contributed by atoms with van der Waals surface area (Å²) < 4.78 is 0. The Morgan fingerprint density at radius 2 is 1.91 bits per heavy atom. The van der Waals surface area contributed by atoms with Crippen molar-refractivity contribution in [1.29, 1.82) is 0 Å². The third kappa shape index (κ3) is 3.81. The highest BCUT2D eigenvalue weighted by molar-refractivity contribution is 6.30. The number of hydrogen-bond donors (Lipinski definition) is 3. The van der Waals surface area contributed by atoms with E-state index < -0.39 is 0 Å². The van der Waals surface area contributed by atoms with Gasteiger partial charge in [-0.2, -0.15) is 0 Å². The summed E-state index contributed by atoms with van der Waals surface area (Å²) in [5.74, 6) is -0.246. The molecule has 8 nitrogen and oxygen atoms in total. The Morgan fingerprint density at radius 1 is 1.12 bits per heavy atom. The van der Waals surface area contributed by atoms with Gasteiger partial charge in [-0.05, 0) is 55.2 Å². The molecular formula is C23H25ClN6O2. The van der Waals surface area contributed by atoms with Crippen LogP contribution in [0.5, 0.6) is 0 Å². The Balaban J connectivity index is 1.26. The molecule has 0 bridgehead atoms. The zero-order valence-corrected chi connectivity index (χ0v) is 18.6. The van der Waals surface area contributed by atoms with Crippen molar-refractivity contribution >= 4 is 29.2 Å². The number of carbonyl (C=O) groups is 2. The number of fused-ring (bicyclic) bond motifs is 3. The molecule has 0 saturated carbocycles. The normalized spacial score (nSPS) is 24.0. The van der Waals surface area contributed by atoms with Gasteiger partial charge >= 0.3 is 6.03 Å². The van der Waals surface area contributed by atoms with E-state index in [1.807, 2.05) is 67.5 Å². The highest BCUT2D eigenvalue weighted by atomic mass is 35.5. The molecule has 32 heavy (non-hydrogen) atoms. The number of halogens is 1. The molecule has 0 aromatic heterocycles. The smallest absolute Gasteiger partial charge is 0.324 e. The quantitative estimate of drug-likeness (QED) is 0.663. The predicted octanol–water partition coefficient (Wildman–Crippen LogP) is 3.27. The van der Waals surface area contributed by atoms with Gasteiger partial charge < -0.3 is 10.3 Å². The van der Waals surface area contributed by atoms with E-state index in [1.165, 1.54) is 5.01 Å². The summed E-state index contributed by atoms with van der Waals surface area (Å²) in [6.07, 6.45) is 4.16. The maximum Gasteiger partial charge on any atom is 0.340 e. The highest BCUT2D eigenvalue weighted by Gasteiger charge is 2.48. The van der Waals surface area contributed by atoms with Gasteiger partial charge in [-0.1, -0.05) is 35.9 Å². The molecule has 5 rings (SSSR count). The van der Waals surface area contributed by atoms with Crippen LogP contribution in [-0.4, -0.2) is 45.6 Å². The number of anilines is 1. The Labute approximate surface area is 191 Å². The number of carbonyl (C=O) groups excluding carboxylic acids is 2. The molecule has 3 N–H and O–H groups in total. The standard InChI is InChI=1S/C23H25ClN6O2/c1-14-3-4-15(2)18(11-14)25-21(31)13-30-23(32)28-9-10-29-20(22(28)27-30)12-19(26-29)16-5-7-17(24)8-6-16/h3-11,19-20,22,26-27H,12-13H2,1-2H3,(H,25,31). The zero-order valence-electron chi connectivity index (χ0n) is 17.9. The molecule has 2 aromatic rings. The summed E-state index contributed by atoms with van der Waals surface area (Å²) in [4.78, 5) is 27.2. The summed E-state index contributed by atoms with van der Waals surface area (Å²) in [6, 6.07) is 13.6.